The quantitative estimate of drug-likeness (QED) is 0.728. The first kappa shape index (κ1) is 10.7. The third kappa shape index (κ3) is 1.56. The minimum absolute atomic E-state index is 0.157. The predicted octanol–water partition coefficient (Wildman–Crippen LogP) is 0.0252. The van der Waals surface area contributed by atoms with Crippen molar-refractivity contribution in [2.24, 2.45) is 0 Å². The van der Waals surface area contributed by atoms with Crippen LogP contribution in [0, 0.1) is 0 Å². The van der Waals surface area contributed by atoms with Gasteiger partial charge < -0.3 is 14.7 Å². The zero-order valence-electron chi connectivity index (χ0n) is 9.19. The van der Waals surface area contributed by atoms with Gasteiger partial charge in [0, 0.05) is 19.2 Å². The molecule has 0 aliphatic carbocycles. The van der Waals surface area contributed by atoms with Crippen molar-refractivity contribution in [3.05, 3.63) is 18.0 Å². The van der Waals surface area contributed by atoms with Crippen LogP contribution in [0.2, 0.25) is 0 Å². The van der Waals surface area contributed by atoms with E-state index in [9.17, 15) is 9.59 Å². The maximum absolute atomic E-state index is 12.0. The van der Waals surface area contributed by atoms with Crippen LogP contribution in [0.5, 0.6) is 0 Å². The van der Waals surface area contributed by atoms with E-state index < -0.39 is 5.54 Å². The molecule has 86 valence electrons. The minimum atomic E-state index is -0.853. The van der Waals surface area contributed by atoms with Gasteiger partial charge in [-0.25, -0.2) is 0 Å². The van der Waals surface area contributed by atoms with Crippen LogP contribution < -0.4 is 5.32 Å². The molecule has 6 nitrogen and oxygen atoms in total. The molecule has 0 saturated carbocycles. The van der Waals surface area contributed by atoms with Crippen LogP contribution in [-0.4, -0.2) is 40.5 Å². The molecular formula is C10H13N3O3. The number of hydrogen-bond donors (Lipinski definition) is 1. The van der Waals surface area contributed by atoms with E-state index in [1.165, 1.54) is 17.2 Å². The molecule has 1 saturated heterocycles. The first-order chi connectivity index (χ1) is 7.53. The molecule has 2 amide bonds. The predicted molar refractivity (Wildman–Crippen MR) is 54.6 cm³/mol. The normalized spacial score (nSPS) is 19.4. The number of carbonyl (C=O) groups excluding carboxylic acids is 2. The number of rotatable bonds is 1. The summed E-state index contributed by atoms with van der Waals surface area (Å²) in [5.74, 6) is -0.441. The fourth-order valence-electron chi connectivity index (χ4n) is 1.72. The van der Waals surface area contributed by atoms with Gasteiger partial charge in [-0.05, 0) is 13.8 Å². The van der Waals surface area contributed by atoms with Gasteiger partial charge in [-0.2, -0.15) is 0 Å². The summed E-state index contributed by atoms with van der Waals surface area (Å²) in [6.45, 7) is 4.36. The minimum Gasteiger partial charge on any atom is -0.364 e. The number of carbonyl (C=O) groups is 2. The summed E-state index contributed by atoms with van der Waals surface area (Å²) in [5.41, 5.74) is -0.628. The fourth-order valence-corrected chi connectivity index (χ4v) is 1.72. The highest BCUT2D eigenvalue weighted by Gasteiger charge is 2.41. The Kier molecular flexibility index (Phi) is 2.41. The van der Waals surface area contributed by atoms with Crippen molar-refractivity contribution in [3.8, 4) is 0 Å². The lowest BCUT2D eigenvalue weighted by atomic mass is 9.98. The van der Waals surface area contributed by atoms with Gasteiger partial charge >= 0.3 is 0 Å². The first-order valence-corrected chi connectivity index (χ1v) is 5.04. The molecule has 1 aliphatic heterocycles. The molecule has 0 spiro atoms. The molecule has 1 fully saturated rings. The molecule has 0 aromatic carbocycles. The first-order valence-electron chi connectivity index (χ1n) is 5.04. The molecule has 0 unspecified atom stereocenters. The molecule has 0 bridgehead atoms. The van der Waals surface area contributed by atoms with Gasteiger partial charge in [0.2, 0.25) is 5.91 Å². The Morgan fingerprint density at radius 2 is 2.38 bits per heavy atom. The topological polar surface area (TPSA) is 75.4 Å². The lowest BCUT2D eigenvalue weighted by Crippen LogP contribution is -2.63. The highest BCUT2D eigenvalue weighted by molar-refractivity contribution is 5.98. The van der Waals surface area contributed by atoms with Crippen LogP contribution in [0.15, 0.2) is 16.9 Å². The zero-order chi connectivity index (χ0) is 11.8. The zero-order valence-corrected chi connectivity index (χ0v) is 9.19. The summed E-state index contributed by atoms with van der Waals surface area (Å²) in [7, 11) is 0. The summed E-state index contributed by atoms with van der Waals surface area (Å²) in [6.07, 6.45) is 1.34. The van der Waals surface area contributed by atoms with Crippen molar-refractivity contribution in [1.82, 2.24) is 15.4 Å². The van der Waals surface area contributed by atoms with E-state index in [-0.39, 0.29) is 17.5 Å². The van der Waals surface area contributed by atoms with E-state index in [2.05, 4.69) is 15.0 Å². The van der Waals surface area contributed by atoms with Crippen LogP contribution >= 0.6 is 0 Å². The monoisotopic (exact) mass is 223 g/mol. The summed E-state index contributed by atoms with van der Waals surface area (Å²) in [5, 5.41) is 6.31. The van der Waals surface area contributed by atoms with Gasteiger partial charge in [0.15, 0.2) is 5.69 Å². The van der Waals surface area contributed by atoms with E-state index in [1.807, 2.05) is 0 Å². The van der Waals surface area contributed by atoms with E-state index in [1.54, 1.807) is 13.8 Å². The van der Waals surface area contributed by atoms with Crippen molar-refractivity contribution in [2.45, 2.75) is 19.4 Å². The standard InChI is InChI=1S/C10H13N3O3/c1-10(2)9(15)11-4-5-13(10)8(14)7-3-6-16-12-7/h3,6H,4-5H2,1-2H3,(H,11,15). The summed E-state index contributed by atoms with van der Waals surface area (Å²) in [4.78, 5) is 25.2. The molecule has 0 atom stereocenters. The number of nitrogens with zero attached hydrogens (tertiary/aromatic N) is 2. The molecule has 1 aliphatic rings. The van der Waals surface area contributed by atoms with Crippen molar-refractivity contribution in [1.29, 1.82) is 0 Å². The maximum Gasteiger partial charge on any atom is 0.276 e. The second-order valence-electron chi connectivity index (χ2n) is 4.16. The third-order valence-corrected chi connectivity index (χ3v) is 2.75. The second kappa shape index (κ2) is 3.62. The fraction of sp³-hybridized carbons (Fsp3) is 0.500. The van der Waals surface area contributed by atoms with Crippen LogP contribution in [0.4, 0.5) is 0 Å². The molecule has 2 rings (SSSR count). The van der Waals surface area contributed by atoms with Crippen molar-refractivity contribution in [3.63, 3.8) is 0 Å². The van der Waals surface area contributed by atoms with Gasteiger partial charge in [-0.3, -0.25) is 9.59 Å². The number of piperazine rings is 1. The number of aromatic nitrogens is 1. The molecule has 6 heteroatoms. The maximum atomic E-state index is 12.0. The van der Waals surface area contributed by atoms with Gasteiger partial charge in [0.05, 0.1) is 0 Å². The summed E-state index contributed by atoms with van der Waals surface area (Å²) >= 11 is 0. The lowest BCUT2D eigenvalue weighted by Gasteiger charge is -2.40. The van der Waals surface area contributed by atoms with Gasteiger partial charge in [0.1, 0.15) is 11.8 Å². The van der Waals surface area contributed by atoms with E-state index in [0.717, 1.165) is 0 Å². The highest BCUT2D eigenvalue weighted by atomic mass is 16.5. The Labute approximate surface area is 92.6 Å². The largest absolute Gasteiger partial charge is 0.364 e. The molecular weight excluding hydrogens is 210 g/mol. The highest BCUT2D eigenvalue weighted by Crippen LogP contribution is 2.19. The molecule has 16 heavy (non-hydrogen) atoms. The molecule has 0 radical (unpaired) electrons. The number of nitrogens with one attached hydrogen (secondary N) is 1. The van der Waals surface area contributed by atoms with Crippen molar-refractivity contribution in [2.75, 3.05) is 13.1 Å². The average molecular weight is 223 g/mol. The van der Waals surface area contributed by atoms with Crippen LogP contribution in [0.1, 0.15) is 24.3 Å². The van der Waals surface area contributed by atoms with Crippen LogP contribution in [0.25, 0.3) is 0 Å². The Morgan fingerprint density at radius 1 is 1.62 bits per heavy atom. The molecule has 2 heterocycles. The Hall–Kier alpha value is -1.85. The Morgan fingerprint density at radius 3 is 3.00 bits per heavy atom. The summed E-state index contributed by atoms with van der Waals surface area (Å²) < 4.78 is 4.62. The van der Waals surface area contributed by atoms with Crippen LogP contribution in [-0.2, 0) is 4.79 Å². The summed E-state index contributed by atoms with van der Waals surface area (Å²) in [6, 6.07) is 1.49. The molecule has 1 aromatic heterocycles. The number of hydrogen-bond acceptors (Lipinski definition) is 4. The van der Waals surface area contributed by atoms with E-state index in [0.29, 0.717) is 13.1 Å². The third-order valence-electron chi connectivity index (χ3n) is 2.75. The SMILES string of the molecule is CC1(C)C(=O)NCCN1C(=O)c1ccon1. The van der Waals surface area contributed by atoms with E-state index in [4.69, 9.17) is 0 Å². The molecule has 1 N–H and O–H groups in total. The Bertz CT molecular complexity index is 411. The number of amides is 2. The Balaban J connectivity index is 2.26. The van der Waals surface area contributed by atoms with Gasteiger partial charge in [-0.15, -0.1) is 0 Å². The van der Waals surface area contributed by atoms with Crippen molar-refractivity contribution >= 4 is 11.8 Å². The second-order valence-corrected chi connectivity index (χ2v) is 4.16. The van der Waals surface area contributed by atoms with Gasteiger partial charge in [0.25, 0.3) is 5.91 Å². The average Bonchev–Trinajstić information content (AvgIpc) is 2.74. The lowest BCUT2D eigenvalue weighted by molar-refractivity contribution is -0.133. The smallest absolute Gasteiger partial charge is 0.276 e. The van der Waals surface area contributed by atoms with Crippen molar-refractivity contribution < 1.29 is 14.1 Å². The van der Waals surface area contributed by atoms with Gasteiger partial charge in [-0.1, -0.05) is 5.16 Å². The molecule has 1 aromatic rings. The van der Waals surface area contributed by atoms with Crippen LogP contribution in [0.3, 0.4) is 0 Å². The van der Waals surface area contributed by atoms with E-state index >= 15 is 0 Å².